The summed E-state index contributed by atoms with van der Waals surface area (Å²) in [5.74, 6) is 2.21. The van der Waals surface area contributed by atoms with Crippen LogP contribution in [0.1, 0.15) is 43.1 Å². The normalized spacial score (nSPS) is 11.2. The van der Waals surface area contributed by atoms with Gasteiger partial charge in [0.15, 0.2) is 10.8 Å². The molecule has 3 aromatic rings. The monoisotopic (exact) mass is 426 g/mol. The average Bonchev–Trinajstić information content (AvgIpc) is 3.14. The second-order valence-corrected chi connectivity index (χ2v) is 8.77. The molecule has 8 heteroatoms. The maximum absolute atomic E-state index is 12.3. The molecule has 0 unspecified atom stereocenters. The summed E-state index contributed by atoms with van der Waals surface area (Å²) in [7, 11) is 0. The Morgan fingerprint density at radius 3 is 2.67 bits per heavy atom. The van der Waals surface area contributed by atoms with E-state index in [4.69, 9.17) is 9.97 Å². The van der Waals surface area contributed by atoms with E-state index in [1.807, 2.05) is 35.9 Å². The second-order valence-electron chi connectivity index (χ2n) is 7.70. The van der Waals surface area contributed by atoms with Crippen LogP contribution in [-0.4, -0.2) is 44.5 Å². The van der Waals surface area contributed by atoms with Gasteiger partial charge in [-0.2, -0.15) is 5.10 Å². The topological polar surface area (TPSA) is 84.7 Å². The lowest BCUT2D eigenvalue weighted by atomic mass is 10.1. The highest BCUT2D eigenvalue weighted by Crippen LogP contribution is 2.25. The van der Waals surface area contributed by atoms with Crippen molar-refractivity contribution in [2.24, 2.45) is 5.92 Å². The van der Waals surface area contributed by atoms with E-state index < -0.39 is 0 Å². The van der Waals surface area contributed by atoms with E-state index in [2.05, 4.69) is 36.5 Å². The van der Waals surface area contributed by atoms with Crippen LogP contribution in [0.3, 0.4) is 0 Å². The minimum atomic E-state index is -0.0837. The van der Waals surface area contributed by atoms with Gasteiger partial charge in [-0.3, -0.25) is 4.79 Å². The molecule has 3 rings (SSSR count). The van der Waals surface area contributed by atoms with Crippen molar-refractivity contribution < 1.29 is 4.79 Å². The fraction of sp³-hybridized carbons (Fsp3) is 0.455. The molecule has 30 heavy (non-hydrogen) atoms. The Hall–Kier alpha value is -2.61. The van der Waals surface area contributed by atoms with Gasteiger partial charge in [-0.1, -0.05) is 50.2 Å². The highest BCUT2D eigenvalue weighted by Gasteiger charge is 2.14. The van der Waals surface area contributed by atoms with Gasteiger partial charge in [-0.05, 0) is 31.4 Å². The van der Waals surface area contributed by atoms with Crippen LogP contribution < -0.4 is 10.6 Å². The third-order valence-electron chi connectivity index (χ3n) is 4.51. The smallest absolute Gasteiger partial charge is 0.251 e. The number of thioether (sulfide) groups is 1. The predicted octanol–water partition coefficient (Wildman–Crippen LogP) is 4.13. The SMILES string of the molecule is CCCSc1nc(NCC(C)C)c2cnn(CCNC(=O)c3ccc(C)cc3)c2n1. The molecule has 0 atom stereocenters. The molecule has 0 spiro atoms. The number of fused-ring (bicyclic) bond motifs is 1. The molecule has 1 aromatic carbocycles. The van der Waals surface area contributed by atoms with Gasteiger partial charge < -0.3 is 10.6 Å². The van der Waals surface area contributed by atoms with E-state index in [9.17, 15) is 4.79 Å². The maximum Gasteiger partial charge on any atom is 0.251 e. The summed E-state index contributed by atoms with van der Waals surface area (Å²) in [6, 6.07) is 7.55. The first-order valence-corrected chi connectivity index (χ1v) is 11.4. The number of nitrogens with zero attached hydrogens (tertiary/aromatic N) is 4. The number of aryl methyl sites for hydroxylation is 1. The first kappa shape index (κ1) is 22.1. The third kappa shape index (κ3) is 5.72. The van der Waals surface area contributed by atoms with Crippen molar-refractivity contribution in [1.29, 1.82) is 0 Å². The molecule has 0 radical (unpaired) electrons. The minimum Gasteiger partial charge on any atom is -0.369 e. The van der Waals surface area contributed by atoms with Crippen molar-refractivity contribution >= 4 is 34.5 Å². The Bertz CT molecular complexity index is 983. The molecule has 1 amide bonds. The van der Waals surface area contributed by atoms with Gasteiger partial charge in [-0.15, -0.1) is 0 Å². The number of hydrogen-bond donors (Lipinski definition) is 2. The first-order valence-electron chi connectivity index (χ1n) is 10.4. The van der Waals surface area contributed by atoms with Gasteiger partial charge in [0.2, 0.25) is 0 Å². The zero-order valence-electron chi connectivity index (χ0n) is 18.1. The van der Waals surface area contributed by atoms with Crippen LogP contribution in [0.25, 0.3) is 11.0 Å². The van der Waals surface area contributed by atoms with E-state index in [1.54, 1.807) is 18.0 Å². The van der Waals surface area contributed by atoms with Gasteiger partial charge in [-0.25, -0.2) is 14.6 Å². The Kier molecular flexibility index (Phi) is 7.68. The summed E-state index contributed by atoms with van der Waals surface area (Å²) in [4.78, 5) is 21.8. The fourth-order valence-electron chi connectivity index (χ4n) is 2.87. The molecule has 2 aromatic heterocycles. The van der Waals surface area contributed by atoms with Gasteiger partial charge in [0.25, 0.3) is 5.91 Å². The van der Waals surface area contributed by atoms with Gasteiger partial charge in [0.05, 0.1) is 18.1 Å². The molecule has 0 saturated heterocycles. The molecule has 0 aliphatic heterocycles. The van der Waals surface area contributed by atoms with Crippen molar-refractivity contribution in [2.45, 2.75) is 45.8 Å². The van der Waals surface area contributed by atoms with E-state index in [0.717, 1.165) is 46.3 Å². The van der Waals surface area contributed by atoms with E-state index in [0.29, 0.717) is 24.6 Å². The third-order valence-corrected chi connectivity index (χ3v) is 5.56. The summed E-state index contributed by atoms with van der Waals surface area (Å²) in [6.07, 6.45) is 2.86. The summed E-state index contributed by atoms with van der Waals surface area (Å²) in [6.45, 7) is 10.3. The largest absolute Gasteiger partial charge is 0.369 e. The second kappa shape index (κ2) is 10.4. The number of nitrogens with one attached hydrogen (secondary N) is 2. The molecule has 0 aliphatic rings. The van der Waals surface area contributed by atoms with Crippen LogP contribution >= 0.6 is 11.8 Å². The number of benzene rings is 1. The molecule has 0 saturated carbocycles. The van der Waals surface area contributed by atoms with Crippen molar-refractivity contribution in [3.63, 3.8) is 0 Å². The molecule has 2 N–H and O–H groups in total. The average molecular weight is 427 g/mol. The maximum atomic E-state index is 12.3. The number of hydrogen-bond acceptors (Lipinski definition) is 6. The lowest BCUT2D eigenvalue weighted by Crippen LogP contribution is -2.27. The van der Waals surface area contributed by atoms with Crippen LogP contribution in [0.5, 0.6) is 0 Å². The van der Waals surface area contributed by atoms with Crippen molar-refractivity contribution in [3.05, 3.63) is 41.6 Å². The number of rotatable bonds is 10. The standard InChI is InChI=1S/C22H30N6OS/c1-5-12-30-22-26-19(24-13-15(2)3)18-14-25-28(20(18)27-22)11-10-23-21(29)17-8-6-16(4)7-9-17/h6-9,14-15H,5,10-13H2,1-4H3,(H,23,29)(H,24,26,27). The van der Waals surface area contributed by atoms with Crippen LogP contribution in [0.15, 0.2) is 35.6 Å². The highest BCUT2D eigenvalue weighted by molar-refractivity contribution is 7.99. The number of carbonyl (C=O) groups excluding carboxylic acids is 1. The zero-order valence-corrected chi connectivity index (χ0v) is 18.9. The summed E-state index contributed by atoms with van der Waals surface area (Å²) in [5.41, 5.74) is 2.58. The number of anilines is 1. The first-order chi connectivity index (χ1) is 14.5. The molecule has 0 fully saturated rings. The number of carbonyl (C=O) groups is 1. The lowest BCUT2D eigenvalue weighted by molar-refractivity contribution is 0.0952. The zero-order chi connectivity index (χ0) is 21.5. The molecule has 2 heterocycles. The Morgan fingerprint density at radius 2 is 1.97 bits per heavy atom. The summed E-state index contributed by atoms with van der Waals surface area (Å²) < 4.78 is 1.84. The van der Waals surface area contributed by atoms with Crippen LogP contribution in [0.2, 0.25) is 0 Å². The Morgan fingerprint density at radius 1 is 1.20 bits per heavy atom. The minimum absolute atomic E-state index is 0.0837. The van der Waals surface area contributed by atoms with Crippen molar-refractivity contribution in [2.75, 3.05) is 24.2 Å². The summed E-state index contributed by atoms with van der Waals surface area (Å²) in [5, 5.41) is 12.5. The molecular weight excluding hydrogens is 396 g/mol. The quantitative estimate of drug-likeness (QED) is 0.374. The molecule has 0 bridgehead atoms. The van der Waals surface area contributed by atoms with Crippen molar-refractivity contribution in [3.8, 4) is 0 Å². The molecular formula is C22H30N6OS. The van der Waals surface area contributed by atoms with E-state index >= 15 is 0 Å². The summed E-state index contributed by atoms with van der Waals surface area (Å²) >= 11 is 1.65. The molecule has 0 aliphatic carbocycles. The number of aromatic nitrogens is 4. The molecule has 160 valence electrons. The highest BCUT2D eigenvalue weighted by atomic mass is 32.2. The molecule has 7 nitrogen and oxygen atoms in total. The van der Waals surface area contributed by atoms with Crippen molar-refractivity contribution in [1.82, 2.24) is 25.1 Å². The Labute approximate surface area is 182 Å². The van der Waals surface area contributed by atoms with Gasteiger partial charge >= 0.3 is 0 Å². The fourth-order valence-corrected chi connectivity index (χ4v) is 3.57. The van der Waals surface area contributed by atoms with E-state index in [-0.39, 0.29) is 5.91 Å². The van der Waals surface area contributed by atoms with Gasteiger partial charge in [0.1, 0.15) is 5.82 Å². The Balaban J connectivity index is 1.73. The van der Waals surface area contributed by atoms with Crippen LogP contribution in [0, 0.1) is 12.8 Å². The predicted molar refractivity (Wildman–Crippen MR) is 123 cm³/mol. The lowest BCUT2D eigenvalue weighted by Gasteiger charge is -2.11. The number of amides is 1. The van der Waals surface area contributed by atoms with Gasteiger partial charge in [0, 0.05) is 24.4 Å². The van der Waals surface area contributed by atoms with Crippen LogP contribution in [0.4, 0.5) is 5.82 Å². The van der Waals surface area contributed by atoms with Crippen LogP contribution in [-0.2, 0) is 6.54 Å². The van der Waals surface area contributed by atoms with E-state index in [1.165, 1.54) is 0 Å².